The first-order valence-corrected chi connectivity index (χ1v) is 7.29. The number of nitrogens with zero attached hydrogens (tertiary/aromatic N) is 1. The van der Waals surface area contributed by atoms with Crippen LogP contribution in [0.3, 0.4) is 0 Å². The highest BCUT2D eigenvalue weighted by atomic mass is 16.5. The molecule has 4 nitrogen and oxygen atoms in total. The molecule has 0 amide bonds. The van der Waals surface area contributed by atoms with Crippen LogP contribution in [0.4, 0.5) is 0 Å². The van der Waals surface area contributed by atoms with Crippen molar-refractivity contribution in [2.45, 2.75) is 19.6 Å². The van der Waals surface area contributed by atoms with Crippen molar-refractivity contribution in [3.05, 3.63) is 65.2 Å². The van der Waals surface area contributed by atoms with E-state index in [1.54, 1.807) is 24.3 Å². The van der Waals surface area contributed by atoms with E-state index in [2.05, 4.69) is 18.3 Å². The summed E-state index contributed by atoms with van der Waals surface area (Å²) in [4.78, 5) is 0. The van der Waals surface area contributed by atoms with E-state index in [0.717, 1.165) is 16.9 Å². The summed E-state index contributed by atoms with van der Waals surface area (Å²) >= 11 is 0. The highest BCUT2D eigenvalue weighted by Crippen LogP contribution is 2.14. The number of nitrogens with one attached hydrogen (secondary N) is 1. The van der Waals surface area contributed by atoms with Crippen LogP contribution in [0, 0.1) is 11.3 Å². The van der Waals surface area contributed by atoms with Gasteiger partial charge in [-0.05, 0) is 42.3 Å². The quantitative estimate of drug-likeness (QED) is 0.771. The lowest BCUT2D eigenvalue weighted by Gasteiger charge is -2.15. The Morgan fingerprint density at radius 1 is 1.23 bits per heavy atom. The van der Waals surface area contributed by atoms with Gasteiger partial charge in [0.25, 0.3) is 0 Å². The molecule has 1 unspecified atom stereocenters. The smallest absolute Gasteiger partial charge is 0.119 e. The summed E-state index contributed by atoms with van der Waals surface area (Å²) in [6, 6.07) is 17.2. The highest BCUT2D eigenvalue weighted by molar-refractivity contribution is 5.34. The molecule has 114 valence electrons. The molecule has 0 spiro atoms. The van der Waals surface area contributed by atoms with Crippen molar-refractivity contribution in [1.82, 2.24) is 5.32 Å². The lowest BCUT2D eigenvalue weighted by molar-refractivity contribution is 0.281. The Hall–Kier alpha value is -2.35. The van der Waals surface area contributed by atoms with Crippen LogP contribution in [-0.2, 0) is 6.61 Å². The summed E-state index contributed by atoms with van der Waals surface area (Å²) in [5.74, 6) is 0.760. The zero-order valence-corrected chi connectivity index (χ0v) is 12.6. The Morgan fingerprint density at radius 2 is 2.00 bits per heavy atom. The fraction of sp³-hybridized carbons (Fsp3) is 0.278. The van der Waals surface area contributed by atoms with Crippen molar-refractivity contribution in [1.29, 1.82) is 5.26 Å². The van der Waals surface area contributed by atoms with Gasteiger partial charge in [-0.2, -0.15) is 5.26 Å². The number of aliphatic hydroxyl groups excluding tert-OH is 1. The molecule has 0 bridgehead atoms. The molecular formula is C18H20N2O2. The van der Waals surface area contributed by atoms with Crippen LogP contribution >= 0.6 is 0 Å². The molecule has 0 saturated heterocycles. The minimum absolute atomic E-state index is 0.0579. The largest absolute Gasteiger partial charge is 0.492 e. The maximum Gasteiger partial charge on any atom is 0.119 e. The minimum Gasteiger partial charge on any atom is -0.492 e. The first-order valence-electron chi connectivity index (χ1n) is 7.29. The molecule has 22 heavy (non-hydrogen) atoms. The summed E-state index contributed by atoms with van der Waals surface area (Å²) in [6.45, 7) is 3.40. The van der Waals surface area contributed by atoms with Crippen molar-refractivity contribution in [3.8, 4) is 11.8 Å². The Labute approximate surface area is 131 Å². The molecule has 0 aliphatic rings. The van der Waals surface area contributed by atoms with E-state index in [1.807, 2.05) is 24.3 Å². The van der Waals surface area contributed by atoms with Crippen molar-refractivity contribution >= 4 is 0 Å². The van der Waals surface area contributed by atoms with E-state index in [0.29, 0.717) is 18.7 Å². The van der Waals surface area contributed by atoms with E-state index < -0.39 is 0 Å². The first kappa shape index (κ1) is 16.0. The molecular weight excluding hydrogens is 276 g/mol. The predicted molar refractivity (Wildman–Crippen MR) is 85.4 cm³/mol. The molecule has 0 saturated carbocycles. The van der Waals surface area contributed by atoms with Crippen LogP contribution in [0.15, 0.2) is 48.5 Å². The number of hydrogen-bond donors (Lipinski definition) is 2. The summed E-state index contributed by atoms with van der Waals surface area (Å²) in [5.41, 5.74) is 2.69. The van der Waals surface area contributed by atoms with Gasteiger partial charge in [0.05, 0.1) is 18.2 Å². The zero-order chi connectivity index (χ0) is 15.8. The molecule has 2 aromatic carbocycles. The minimum atomic E-state index is 0.0579. The number of aliphatic hydroxyl groups is 1. The third-order valence-corrected chi connectivity index (χ3v) is 3.44. The topological polar surface area (TPSA) is 65.3 Å². The van der Waals surface area contributed by atoms with Crippen molar-refractivity contribution in [2.24, 2.45) is 0 Å². The number of hydrogen-bond acceptors (Lipinski definition) is 4. The van der Waals surface area contributed by atoms with Gasteiger partial charge >= 0.3 is 0 Å². The summed E-state index contributed by atoms with van der Waals surface area (Å²) in [6.07, 6.45) is 0. The standard InChI is InChI=1S/C18H20N2O2/c1-14(17-4-2-3-16(11-17)13-21)20-9-10-22-18-7-5-15(12-19)6-8-18/h2-8,11,14,20-21H,9-10,13H2,1H3. The zero-order valence-electron chi connectivity index (χ0n) is 12.6. The molecule has 0 heterocycles. The van der Waals surface area contributed by atoms with Crippen LogP contribution in [0.25, 0.3) is 0 Å². The van der Waals surface area contributed by atoms with E-state index in [4.69, 9.17) is 15.1 Å². The fourth-order valence-electron chi connectivity index (χ4n) is 2.15. The summed E-state index contributed by atoms with van der Waals surface area (Å²) in [5, 5.41) is 21.3. The second-order valence-corrected chi connectivity index (χ2v) is 5.06. The predicted octanol–water partition coefficient (Wildman–Crippen LogP) is 2.78. The van der Waals surface area contributed by atoms with E-state index in [-0.39, 0.29) is 12.6 Å². The molecule has 0 aliphatic carbocycles. The third kappa shape index (κ3) is 4.59. The van der Waals surface area contributed by atoms with Crippen LogP contribution in [-0.4, -0.2) is 18.3 Å². The van der Waals surface area contributed by atoms with E-state index in [9.17, 15) is 0 Å². The van der Waals surface area contributed by atoms with Gasteiger partial charge in [0.2, 0.25) is 0 Å². The molecule has 2 N–H and O–H groups in total. The van der Waals surface area contributed by atoms with Gasteiger partial charge in [0.15, 0.2) is 0 Å². The lowest BCUT2D eigenvalue weighted by atomic mass is 10.1. The second kappa shape index (κ2) is 8.18. The van der Waals surface area contributed by atoms with E-state index >= 15 is 0 Å². The molecule has 0 aliphatic heterocycles. The summed E-state index contributed by atoms with van der Waals surface area (Å²) < 4.78 is 5.62. The average Bonchev–Trinajstić information content (AvgIpc) is 2.59. The Kier molecular flexibility index (Phi) is 5.96. The Bertz CT molecular complexity index is 632. The van der Waals surface area contributed by atoms with Crippen LogP contribution in [0.5, 0.6) is 5.75 Å². The highest BCUT2D eigenvalue weighted by Gasteiger charge is 2.05. The van der Waals surface area contributed by atoms with Crippen molar-refractivity contribution < 1.29 is 9.84 Å². The summed E-state index contributed by atoms with van der Waals surface area (Å²) in [7, 11) is 0. The molecule has 4 heteroatoms. The van der Waals surface area contributed by atoms with Crippen LogP contribution < -0.4 is 10.1 Å². The monoisotopic (exact) mass is 296 g/mol. The fourth-order valence-corrected chi connectivity index (χ4v) is 2.15. The van der Waals surface area contributed by atoms with Gasteiger partial charge in [0, 0.05) is 12.6 Å². The van der Waals surface area contributed by atoms with Gasteiger partial charge in [-0.15, -0.1) is 0 Å². The lowest BCUT2D eigenvalue weighted by Crippen LogP contribution is -2.24. The number of nitriles is 1. The Balaban J connectivity index is 1.76. The third-order valence-electron chi connectivity index (χ3n) is 3.44. The average molecular weight is 296 g/mol. The maximum atomic E-state index is 9.16. The maximum absolute atomic E-state index is 9.16. The van der Waals surface area contributed by atoms with Crippen molar-refractivity contribution in [3.63, 3.8) is 0 Å². The normalized spacial score (nSPS) is 11.7. The van der Waals surface area contributed by atoms with Gasteiger partial charge < -0.3 is 15.2 Å². The second-order valence-electron chi connectivity index (χ2n) is 5.06. The molecule has 0 aromatic heterocycles. The Morgan fingerprint density at radius 3 is 2.68 bits per heavy atom. The SMILES string of the molecule is CC(NCCOc1ccc(C#N)cc1)c1cccc(CO)c1. The molecule has 1 atom stereocenters. The van der Waals surface area contributed by atoms with Crippen LogP contribution in [0.2, 0.25) is 0 Å². The number of rotatable bonds is 7. The van der Waals surface area contributed by atoms with E-state index in [1.165, 1.54) is 0 Å². The van der Waals surface area contributed by atoms with Crippen molar-refractivity contribution in [2.75, 3.05) is 13.2 Å². The van der Waals surface area contributed by atoms with Gasteiger partial charge in [-0.25, -0.2) is 0 Å². The first-order chi connectivity index (χ1) is 10.7. The van der Waals surface area contributed by atoms with Gasteiger partial charge in [-0.1, -0.05) is 24.3 Å². The van der Waals surface area contributed by atoms with Crippen LogP contribution in [0.1, 0.15) is 29.7 Å². The number of benzene rings is 2. The molecule has 0 fully saturated rings. The molecule has 2 rings (SSSR count). The van der Waals surface area contributed by atoms with Gasteiger partial charge in [0.1, 0.15) is 12.4 Å². The van der Waals surface area contributed by atoms with Gasteiger partial charge in [-0.3, -0.25) is 0 Å². The molecule has 0 radical (unpaired) electrons. The number of ether oxygens (including phenoxy) is 1. The molecule has 2 aromatic rings.